The van der Waals surface area contributed by atoms with E-state index in [9.17, 15) is 9.59 Å². The number of hydrogen-bond donors (Lipinski definition) is 2. The summed E-state index contributed by atoms with van der Waals surface area (Å²) < 4.78 is 4.87. The zero-order chi connectivity index (χ0) is 14.4. The minimum absolute atomic E-state index is 0.111. The van der Waals surface area contributed by atoms with Gasteiger partial charge in [0, 0.05) is 11.1 Å². The fraction of sp³-hybridized carbons (Fsp3) is 0. The summed E-state index contributed by atoms with van der Waals surface area (Å²) in [5, 5.41) is 0.538. The lowest BCUT2D eigenvalue weighted by Gasteiger charge is -2.02. The van der Waals surface area contributed by atoms with Crippen LogP contribution in [0.2, 0.25) is 5.02 Å². The maximum absolute atomic E-state index is 11.5. The summed E-state index contributed by atoms with van der Waals surface area (Å²) in [7, 11) is 0. The van der Waals surface area contributed by atoms with Crippen molar-refractivity contribution in [3.8, 4) is 0 Å². The molecule has 20 heavy (non-hydrogen) atoms. The van der Waals surface area contributed by atoms with Crippen LogP contribution in [0.4, 0.5) is 0 Å². The fourth-order valence-corrected chi connectivity index (χ4v) is 1.60. The highest BCUT2D eigenvalue weighted by Gasteiger charge is 2.08. The number of amides is 2. The van der Waals surface area contributed by atoms with E-state index in [1.165, 1.54) is 18.4 Å². The summed E-state index contributed by atoms with van der Waals surface area (Å²) in [6.07, 6.45) is 4.19. The second-order valence-electron chi connectivity index (χ2n) is 3.78. The monoisotopic (exact) mass is 290 g/mol. The average Bonchev–Trinajstić information content (AvgIpc) is 2.98. The molecule has 0 fully saturated rings. The number of hydrazine groups is 1. The molecule has 1 aromatic carbocycles. The van der Waals surface area contributed by atoms with Gasteiger partial charge in [-0.25, -0.2) is 0 Å². The van der Waals surface area contributed by atoms with Gasteiger partial charge in [0.2, 0.25) is 0 Å². The molecular weight excluding hydrogens is 280 g/mol. The Balaban J connectivity index is 1.87. The molecule has 0 unspecified atom stereocenters. The third kappa shape index (κ3) is 3.73. The minimum Gasteiger partial charge on any atom is -0.459 e. The Hall–Kier alpha value is -2.53. The zero-order valence-corrected chi connectivity index (χ0v) is 11.1. The Morgan fingerprint density at radius 3 is 2.60 bits per heavy atom. The molecule has 0 saturated heterocycles. The van der Waals surface area contributed by atoms with Crippen LogP contribution >= 0.6 is 11.6 Å². The first-order chi connectivity index (χ1) is 9.66. The molecule has 0 aliphatic rings. The van der Waals surface area contributed by atoms with Gasteiger partial charge in [-0.05, 0) is 29.8 Å². The van der Waals surface area contributed by atoms with E-state index in [-0.39, 0.29) is 5.76 Å². The maximum atomic E-state index is 11.5. The van der Waals surface area contributed by atoms with Crippen LogP contribution in [0, 0.1) is 0 Å². The molecule has 5 nitrogen and oxygen atoms in total. The summed E-state index contributed by atoms with van der Waals surface area (Å²) in [6.45, 7) is 0. The predicted octanol–water partition coefficient (Wildman–Crippen LogP) is 2.41. The summed E-state index contributed by atoms with van der Waals surface area (Å²) in [6, 6.07) is 10.2. The highest BCUT2D eigenvalue weighted by molar-refractivity contribution is 6.32. The molecule has 0 saturated carbocycles. The van der Waals surface area contributed by atoms with Crippen molar-refractivity contribution >= 4 is 29.5 Å². The smallest absolute Gasteiger partial charge is 0.305 e. The molecule has 0 aliphatic heterocycles. The fourth-order valence-electron chi connectivity index (χ4n) is 1.41. The Bertz CT molecular complexity index is 636. The van der Waals surface area contributed by atoms with E-state index >= 15 is 0 Å². The zero-order valence-electron chi connectivity index (χ0n) is 10.3. The molecule has 102 valence electrons. The summed E-state index contributed by atoms with van der Waals surface area (Å²) in [5.41, 5.74) is 5.16. The third-order valence-corrected chi connectivity index (χ3v) is 2.71. The van der Waals surface area contributed by atoms with Gasteiger partial charge in [0.15, 0.2) is 5.76 Å². The number of rotatable bonds is 3. The highest BCUT2D eigenvalue weighted by atomic mass is 35.5. The highest BCUT2D eigenvalue weighted by Crippen LogP contribution is 2.15. The number of nitrogens with one attached hydrogen (secondary N) is 2. The molecule has 1 aromatic heterocycles. The van der Waals surface area contributed by atoms with Crippen molar-refractivity contribution in [3.05, 3.63) is 65.1 Å². The SMILES string of the molecule is O=C(/C=C/c1ccccc1Cl)NNC(=O)c1ccco1. The van der Waals surface area contributed by atoms with E-state index in [4.69, 9.17) is 16.0 Å². The third-order valence-electron chi connectivity index (χ3n) is 2.36. The van der Waals surface area contributed by atoms with Gasteiger partial charge in [-0.15, -0.1) is 0 Å². The lowest BCUT2D eigenvalue weighted by Crippen LogP contribution is -2.40. The van der Waals surface area contributed by atoms with E-state index in [2.05, 4.69) is 10.9 Å². The van der Waals surface area contributed by atoms with E-state index in [1.807, 2.05) is 6.07 Å². The molecule has 2 rings (SSSR count). The molecule has 6 heteroatoms. The summed E-state index contributed by atoms with van der Waals surface area (Å²) in [4.78, 5) is 23.0. The van der Waals surface area contributed by atoms with Crippen LogP contribution in [0.1, 0.15) is 16.1 Å². The normalized spacial score (nSPS) is 10.4. The van der Waals surface area contributed by atoms with Gasteiger partial charge in [-0.3, -0.25) is 20.4 Å². The first-order valence-corrected chi connectivity index (χ1v) is 6.11. The number of benzene rings is 1. The molecule has 0 bridgehead atoms. The summed E-state index contributed by atoms with van der Waals surface area (Å²) in [5.74, 6) is -0.903. The van der Waals surface area contributed by atoms with Gasteiger partial charge >= 0.3 is 5.91 Å². The van der Waals surface area contributed by atoms with Crippen molar-refractivity contribution < 1.29 is 14.0 Å². The molecular formula is C14H11ClN2O3. The van der Waals surface area contributed by atoms with Crippen molar-refractivity contribution in [2.45, 2.75) is 0 Å². The standard InChI is InChI=1S/C14H11ClN2O3/c15-11-5-2-1-4-10(11)7-8-13(18)16-17-14(19)12-6-3-9-20-12/h1-9H,(H,16,18)(H,17,19)/b8-7+. The molecule has 0 spiro atoms. The van der Waals surface area contributed by atoms with E-state index in [0.717, 1.165) is 0 Å². The number of carbonyl (C=O) groups excluding carboxylic acids is 2. The molecule has 2 amide bonds. The Morgan fingerprint density at radius 2 is 1.90 bits per heavy atom. The second kappa shape index (κ2) is 6.58. The number of furan rings is 1. The van der Waals surface area contributed by atoms with Gasteiger partial charge in [-0.2, -0.15) is 0 Å². The lowest BCUT2D eigenvalue weighted by molar-refractivity contribution is -0.117. The van der Waals surface area contributed by atoms with Crippen molar-refractivity contribution in [2.75, 3.05) is 0 Å². The van der Waals surface area contributed by atoms with E-state index in [0.29, 0.717) is 10.6 Å². The maximum Gasteiger partial charge on any atom is 0.305 e. The van der Waals surface area contributed by atoms with Crippen LogP contribution < -0.4 is 10.9 Å². The first-order valence-electron chi connectivity index (χ1n) is 5.73. The van der Waals surface area contributed by atoms with Gasteiger partial charge < -0.3 is 4.42 Å². The lowest BCUT2D eigenvalue weighted by atomic mass is 10.2. The first kappa shape index (κ1) is 13.9. The predicted molar refractivity (Wildman–Crippen MR) is 74.8 cm³/mol. The van der Waals surface area contributed by atoms with Crippen LogP contribution in [-0.2, 0) is 4.79 Å². The van der Waals surface area contributed by atoms with E-state index in [1.54, 1.807) is 30.3 Å². The van der Waals surface area contributed by atoms with Crippen molar-refractivity contribution in [1.29, 1.82) is 0 Å². The van der Waals surface area contributed by atoms with Crippen LogP contribution in [0.25, 0.3) is 6.08 Å². The number of hydrogen-bond acceptors (Lipinski definition) is 3. The average molecular weight is 291 g/mol. The van der Waals surface area contributed by atoms with Crippen molar-refractivity contribution in [3.63, 3.8) is 0 Å². The minimum atomic E-state index is -0.533. The van der Waals surface area contributed by atoms with Crippen molar-refractivity contribution in [2.24, 2.45) is 0 Å². The van der Waals surface area contributed by atoms with Crippen molar-refractivity contribution in [1.82, 2.24) is 10.9 Å². The quantitative estimate of drug-likeness (QED) is 0.673. The molecule has 0 aliphatic carbocycles. The molecule has 1 heterocycles. The molecule has 0 atom stereocenters. The molecule has 0 radical (unpaired) electrons. The van der Waals surface area contributed by atoms with Crippen LogP contribution in [-0.4, -0.2) is 11.8 Å². The Morgan fingerprint density at radius 1 is 1.10 bits per heavy atom. The Kier molecular flexibility index (Phi) is 4.57. The summed E-state index contributed by atoms with van der Waals surface area (Å²) >= 11 is 5.94. The number of carbonyl (C=O) groups is 2. The largest absolute Gasteiger partial charge is 0.459 e. The van der Waals surface area contributed by atoms with Gasteiger partial charge in [0.25, 0.3) is 5.91 Å². The van der Waals surface area contributed by atoms with Gasteiger partial charge in [0.05, 0.1) is 6.26 Å². The van der Waals surface area contributed by atoms with Gasteiger partial charge in [-0.1, -0.05) is 29.8 Å². The second-order valence-corrected chi connectivity index (χ2v) is 4.18. The number of halogens is 1. The van der Waals surface area contributed by atoms with E-state index < -0.39 is 11.8 Å². The molecule has 2 N–H and O–H groups in total. The van der Waals surface area contributed by atoms with Gasteiger partial charge in [0.1, 0.15) is 0 Å². The van der Waals surface area contributed by atoms with Crippen LogP contribution in [0.15, 0.2) is 53.2 Å². The van der Waals surface area contributed by atoms with Crippen LogP contribution in [0.3, 0.4) is 0 Å². The van der Waals surface area contributed by atoms with Crippen LogP contribution in [0.5, 0.6) is 0 Å². The Labute approximate surface area is 120 Å². The molecule has 2 aromatic rings. The topological polar surface area (TPSA) is 71.3 Å².